The minimum atomic E-state index is -0.787. The maximum Gasteiger partial charge on any atom is 0.235 e. The molecule has 1 fully saturated rings. The fraction of sp³-hybridized carbons (Fsp3) is 0.458. The summed E-state index contributed by atoms with van der Waals surface area (Å²) in [7, 11) is 0. The summed E-state index contributed by atoms with van der Waals surface area (Å²) in [6.45, 7) is 7.81. The van der Waals surface area contributed by atoms with Crippen molar-refractivity contribution in [3.8, 4) is 5.75 Å². The zero-order valence-electron chi connectivity index (χ0n) is 17.4. The van der Waals surface area contributed by atoms with Crippen LogP contribution in [0.4, 0.5) is 10.1 Å². The SMILES string of the molecule is CCN(CC)CCOc1ccc(NC(=O)C2(c3ccccc3F)CCCC2)cc1. The second-order valence-electron chi connectivity index (χ2n) is 7.62. The fourth-order valence-electron chi connectivity index (χ4n) is 4.16. The van der Waals surface area contributed by atoms with Gasteiger partial charge in [-0.15, -0.1) is 0 Å². The second kappa shape index (κ2) is 9.88. The Kier molecular flexibility index (Phi) is 7.26. The Bertz CT molecular complexity index is 797. The zero-order valence-corrected chi connectivity index (χ0v) is 17.4. The number of nitrogens with one attached hydrogen (secondary N) is 1. The predicted molar refractivity (Wildman–Crippen MR) is 115 cm³/mol. The smallest absolute Gasteiger partial charge is 0.235 e. The van der Waals surface area contributed by atoms with Gasteiger partial charge in [0.15, 0.2) is 0 Å². The number of halogens is 1. The van der Waals surface area contributed by atoms with Gasteiger partial charge in [0.05, 0.1) is 5.41 Å². The Balaban J connectivity index is 1.64. The molecule has 156 valence electrons. The molecule has 4 nitrogen and oxygen atoms in total. The van der Waals surface area contributed by atoms with Crippen LogP contribution in [0.3, 0.4) is 0 Å². The average Bonchev–Trinajstić information content (AvgIpc) is 3.24. The predicted octanol–water partition coefficient (Wildman–Crippen LogP) is 5.00. The molecule has 0 aliphatic heterocycles. The van der Waals surface area contributed by atoms with Crippen LogP contribution in [-0.4, -0.2) is 37.0 Å². The van der Waals surface area contributed by atoms with Crippen LogP contribution in [0.15, 0.2) is 48.5 Å². The van der Waals surface area contributed by atoms with Gasteiger partial charge in [-0.3, -0.25) is 4.79 Å². The number of likely N-dealkylation sites (N-methyl/N-ethyl adjacent to an activating group) is 1. The standard InChI is InChI=1S/C24H31FN2O2/c1-3-27(4-2)17-18-29-20-13-11-19(12-14-20)26-23(28)24(15-7-8-16-24)21-9-5-6-10-22(21)25/h5-6,9-14H,3-4,7-8,15-18H2,1-2H3,(H,26,28). The maximum atomic E-state index is 14.5. The summed E-state index contributed by atoms with van der Waals surface area (Å²) in [5.74, 6) is 0.344. The summed E-state index contributed by atoms with van der Waals surface area (Å²) in [6.07, 6.45) is 3.21. The van der Waals surface area contributed by atoms with Crippen LogP contribution >= 0.6 is 0 Å². The number of carbonyl (C=O) groups is 1. The van der Waals surface area contributed by atoms with Crippen LogP contribution in [0.25, 0.3) is 0 Å². The first-order valence-electron chi connectivity index (χ1n) is 10.6. The van der Waals surface area contributed by atoms with Crippen molar-refractivity contribution < 1.29 is 13.9 Å². The van der Waals surface area contributed by atoms with Gasteiger partial charge in [0, 0.05) is 17.8 Å². The van der Waals surface area contributed by atoms with Crippen LogP contribution < -0.4 is 10.1 Å². The second-order valence-corrected chi connectivity index (χ2v) is 7.62. The van der Waals surface area contributed by atoms with Crippen molar-refractivity contribution in [3.63, 3.8) is 0 Å². The summed E-state index contributed by atoms with van der Waals surface area (Å²) in [6, 6.07) is 14.1. The molecule has 1 saturated carbocycles. The maximum absolute atomic E-state index is 14.5. The lowest BCUT2D eigenvalue weighted by molar-refractivity contribution is -0.121. The number of carbonyl (C=O) groups excluding carboxylic acids is 1. The molecular weight excluding hydrogens is 367 g/mol. The Morgan fingerprint density at radius 3 is 2.34 bits per heavy atom. The van der Waals surface area contributed by atoms with Crippen LogP contribution in [-0.2, 0) is 10.2 Å². The van der Waals surface area contributed by atoms with Crippen LogP contribution in [0.5, 0.6) is 5.75 Å². The minimum Gasteiger partial charge on any atom is -0.492 e. The molecule has 0 bridgehead atoms. The lowest BCUT2D eigenvalue weighted by atomic mass is 9.77. The van der Waals surface area contributed by atoms with Gasteiger partial charge in [0.25, 0.3) is 0 Å². The van der Waals surface area contributed by atoms with E-state index < -0.39 is 5.41 Å². The molecule has 1 amide bonds. The van der Waals surface area contributed by atoms with E-state index >= 15 is 0 Å². The van der Waals surface area contributed by atoms with Crippen molar-refractivity contribution >= 4 is 11.6 Å². The number of hydrogen-bond acceptors (Lipinski definition) is 3. The summed E-state index contributed by atoms with van der Waals surface area (Å²) < 4.78 is 20.3. The van der Waals surface area contributed by atoms with Crippen molar-refractivity contribution in [1.29, 1.82) is 0 Å². The largest absolute Gasteiger partial charge is 0.492 e. The normalized spacial score (nSPS) is 15.4. The van der Waals surface area contributed by atoms with E-state index in [1.54, 1.807) is 18.2 Å². The molecule has 0 heterocycles. The lowest BCUT2D eigenvalue weighted by Crippen LogP contribution is -2.38. The molecule has 2 aromatic rings. The number of ether oxygens (including phenoxy) is 1. The highest BCUT2D eigenvalue weighted by atomic mass is 19.1. The van der Waals surface area contributed by atoms with E-state index in [2.05, 4.69) is 24.1 Å². The molecule has 0 spiro atoms. The highest BCUT2D eigenvalue weighted by Gasteiger charge is 2.44. The molecule has 3 rings (SSSR count). The first-order valence-corrected chi connectivity index (χ1v) is 10.6. The van der Waals surface area contributed by atoms with Gasteiger partial charge in [-0.2, -0.15) is 0 Å². The molecule has 0 radical (unpaired) electrons. The third-order valence-corrected chi connectivity index (χ3v) is 5.96. The highest BCUT2D eigenvalue weighted by Crippen LogP contribution is 2.43. The zero-order chi connectivity index (χ0) is 20.7. The quantitative estimate of drug-likeness (QED) is 0.646. The number of hydrogen-bond donors (Lipinski definition) is 1. The summed E-state index contributed by atoms with van der Waals surface area (Å²) in [5.41, 5.74) is 0.421. The minimum absolute atomic E-state index is 0.129. The molecule has 0 aromatic heterocycles. The molecule has 1 N–H and O–H groups in total. The topological polar surface area (TPSA) is 41.6 Å². The van der Waals surface area contributed by atoms with Crippen LogP contribution in [0.1, 0.15) is 45.1 Å². The number of amides is 1. The molecule has 0 saturated heterocycles. The first kappa shape index (κ1) is 21.3. The van der Waals surface area contributed by atoms with Gasteiger partial charge in [0.1, 0.15) is 18.2 Å². The fourth-order valence-corrected chi connectivity index (χ4v) is 4.16. The van der Waals surface area contributed by atoms with Crippen molar-refractivity contribution in [2.45, 2.75) is 44.9 Å². The molecule has 29 heavy (non-hydrogen) atoms. The molecule has 0 atom stereocenters. The number of benzene rings is 2. The monoisotopic (exact) mass is 398 g/mol. The van der Waals surface area contributed by atoms with Crippen molar-refractivity contribution in [2.24, 2.45) is 0 Å². The van der Waals surface area contributed by atoms with E-state index in [0.717, 1.165) is 38.2 Å². The van der Waals surface area contributed by atoms with Gasteiger partial charge >= 0.3 is 0 Å². The number of nitrogens with zero attached hydrogens (tertiary/aromatic N) is 1. The summed E-state index contributed by atoms with van der Waals surface area (Å²) in [4.78, 5) is 15.5. The van der Waals surface area contributed by atoms with Gasteiger partial charge in [-0.25, -0.2) is 4.39 Å². The Hall–Kier alpha value is -2.40. The molecule has 1 aliphatic rings. The van der Waals surface area contributed by atoms with E-state index in [1.807, 2.05) is 24.3 Å². The molecule has 0 unspecified atom stereocenters. The van der Waals surface area contributed by atoms with Gasteiger partial charge in [0.2, 0.25) is 5.91 Å². The van der Waals surface area contributed by atoms with E-state index in [-0.39, 0.29) is 11.7 Å². The Morgan fingerprint density at radius 1 is 1.07 bits per heavy atom. The molecular formula is C24H31FN2O2. The van der Waals surface area contributed by atoms with E-state index in [0.29, 0.717) is 30.7 Å². The Labute approximate surface area is 173 Å². The van der Waals surface area contributed by atoms with Crippen LogP contribution in [0.2, 0.25) is 0 Å². The van der Waals surface area contributed by atoms with Gasteiger partial charge < -0.3 is 15.0 Å². The molecule has 2 aromatic carbocycles. The average molecular weight is 399 g/mol. The van der Waals surface area contributed by atoms with Crippen molar-refractivity contribution in [1.82, 2.24) is 4.90 Å². The summed E-state index contributed by atoms with van der Waals surface area (Å²) in [5, 5.41) is 3.00. The molecule has 1 aliphatic carbocycles. The van der Waals surface area contributed by atoms with E-state index in [9.17, 15) is 9.18 Å². The van der Waals surface area contributed by atoms with Gasteiger partial charge in [-0.05, 0) is 56.3 Å². The van der Waals surface area contributed by atoms with Gasteiger partial charge in [-0.1, -0.05) is 44.9 Å². The van der Waals surface area contributed by atoms with Crippen LogP contribution in [0, 0.1) is 5.82 Å². The Morgan fingerprint density at radius 2 is 1.72 bits per heavy atom. The number of rotatable bonds is 9. The first-order chi connectivity index (χ1) is 14.1. The van der Waals surface area contributed by atoms with E-state index in [4.69, 9.17) is 4.74 Å². The molecule has 5 heteroatoms. The lowest BCUT2D eigenvalue weighted by Gasteiger charge is -2.28. The highest BCUT2D eigenvalue weighted by molar-refractivity contribution is 5.99. The van der Waals surface area contributed by atoms with Crippen molar-refractivity contribution in [2.75, 3.05) is 31.6 Å². The number of anilines is 1. The van der Waals surface area contributed by atoms with E-state index in [1.165, 1.54) is 6.07 Å². The third kappa shape index (κ3) is 4.96. The third-order valence-electron chi connectivity index (χ3n) is 5.96. The van der Waals surface area contributed by atoms with Crippen molar-refractivity contribution in [3.05, 3.63) is 59.9 Å². The summed E-state index contributed by atoms with van der Waals surface area (Å²) >= 11 is 0.